The number of carboxylic acids is 1. The second kappa shape index (κ2) is 9.87. The largest absolute Gasteiger partial charge is 0.481 e. The van der Waals surface area contributed by atoms with E-state index in [0.29, 0.717) is 13.0 Å². The number of carboxylic acid groups (broad SMARTS) is 1. The van der Waals surface area contributed by atoms with Crippen LogP contribution in [0.2, 0.25) is 0 Å². The van der Waals surface area contributed by atoms with E-state index in [1.54, 1.807) is 0 Å². The van der Waals surface area contributed by atoms with Crippen molar-refractivity contribution in [2.45, 2.75) is 45.0 Å². The Hall–Kier alpha value is -1.98. The van der Waals surface area contributed by atoms with E-state index in [1.807, 2.05) is 0 Å². The molecule has 0 saturated carbocycles. The van der Waals surface area contributed by atoms with Crippen LogP contribution in [0.3, 0.4) is 0 Å². The summed E-state index contributed by atoms with van der Waals surface area (Å²) in [7, 11) is 0. The molecule has 0 atom stereocenters. The monoisotopic (exact) mass is 313 g/mol. The van der Waals surface area contributed by atoms with E-state index in [4.69, 9.17) is 5.11 Å². The smallest absolute Gasteiger partial charge is 0.303 e. The number of halogens is 2. The molecule has 6 heteroatoms. The van der Waals surface area contributed by atoms with Crippen LogP contribution in [0.5, 0.6) is 0 Å². The lowest BCUT2D eigenvalue weighted by atomic mass is 10.1. The zero-order chi connectivity index (χ0) is 16.4. The first kappa shape index (κ1) is 18.1. The van der Waals surface area contributed by atoms with Crippen molar-refractivity contribution in [1.82, 2.24) is 5.32 Å². The summed E-state index contributed by atoms with van der Waals surface area (Å²) in [6.07, 6.45) is 1.74. The normalized spacial score (nSPS) is 10.7. The maximum atomic E-state index is 12.5. The summed E-state index contributed by atoms with van der Waals surface area (Å²) in [5, 5.41) is 11.2. The Bertz CT molecular complexity index is 492. The van der Waals surface area contributed by atoms with Crippen LogP contribution in [0.4, 0.5) is 8.78 Å². The van der Waals surface area contributed by atoms with E-state index in [2.05, 4.69) is 5.32 Å². The zero-order valence-electron chi connectivity index (χ0n) is 12.4. The van der Waals surface area contributed by atoms with Crippen LogP contribution >= 0.6 is 0 Å². The number of hydrogen-bond donors (Lipinski definition) is 2. The van der Waals surface area contributed by atoms with Gasteiger partial charge in [0.25, 0.3) is 12.3 Å². The fourth-order valence-corrected chi connectivity index (χ4v) is 2.05. The van der Waals surface area contributed by atoms with Crippen molar-refractivity contribution in [3.63, 3.8) is 0 Å². The third kappa shape index (κ3) is 7.15. The summed E-state index contributed by atoms with van der Waals surface area (Å²) < 4.78 is 25.1. The molecule has 1 aromatic rings. The Morgan fingerprint density at radius 1 is 1.09 bits per heavy atom. The molecular formula is C16H21F2NO3. The predicted octanol–water partition coefficient (Wildman–Crippen LogP) is 3.78. The molecule has 0 aliphatic rings. The Morgan fingerprint density at radius 3 is 2.45 bits per heavy atom. The molecular weight excluding hydrogens is 292 g/mol. The summed E-state index contributed by atoms with van der Waals surface area (Å²) >= 11 is 0. The van der Waals surface area contributed by atoms with Crippen LogP contribution < -0.4 is 5.32 Å². The number of alkyl halides is 2. The lowest BCUT2D eigenvalue weighted by Gasteiger charge is -2.07. The van der Waals surface area contributed by atoms with Crippen LogP contribution in [-0.2, 0) is 4.79 Å². The minimum atomic E-state index is -2.58. The van der Waals surface area contributed by atoms with Crippen LogP contribution in [0.15, 0.2) is 24.3 Å². The van der Waals surface area contributed by atoms with Gasteiger partial charge in [-0.3, -0.25) is 9.59 Å². The van der Waals surface area contributed by atoms with E-state index in [1.165, 1.54) is 24.3 Å². The van der Waals surface area contributed by atoms with Gasteiger partial charge in [-0.1, -0.05) is 31.4 Å². The maximum absolute atomic E-state index is 12.5. The standard InChI is InChI=1S/C16H21F2NO3/c17-15(18)12-7-6-8-13(11-12)16(22)19-10-5-3-1-2-4-9-14(20)21/h6-8,11,15H,1-5,9-10H2,(H,19,22)(H,20,21). The zero-order valence-corrected chi connectivity index (χ0v) is 12.4. The van der Waals surface area contributed by atoms with E-state index in [0.717, 1.165) is 25.7 Å². The molecule has 0 aliphatic heterocycles. The van der Waals surface area contributed by atoms with Gasteiger partial charge in [-0.15, -0.1) is 0 Å². The Balaban J connectivity index is 2.18. The van der Waals surface area contributed by atoms with Gasteiger partial charge in [-0.05, 0) is 25.0 Å². The number of aliphatic carboxylic acids is 1. The summed E-state index contributed by atoms with van der Waals surface area (Å²) in [6.45, 7) is 0.483. The summed E-state index contributed by atoms with van der Waals surface area (Å²) in [6, 6.07) is 5.44. The highest BCUT2D eigenvalue weighted by Gasteiger charge is 2.10. The second-order valence-corrected chi connectivity index (χ2v) is 5.09. The first-order valence-electron chi connectivity index (χ1n) is 7.39. The number of unbranched alkanes of at least 4 members (excludes halogenated alkanes) is 4. The molecule has 0 spiro atoms. The molecule has 0 fully saturated rings. The highest BCUT2D eigenvalue weighted by atomic mass is 19.3. The van der Waals surface area contributed by atoms with Crippen LogP contribution in [0.25, 0.3) is 0 Å². The molecule has 122 valence electrons. The van der Waals surface area contributed by atoms with Gasteiger partial charge in [0, 0.05) is 24.1 Å². The molecule has 1 rings (SSSR count). The Morgan fingerprint density at radius 2 is 1.77 bits per heavy atom. The number of rotatable bonds is 10. The van der Waals surface area contributed by atoms with Gasteiger partial charge in [0.05, 0.1) is 0 Å². The summed E-state index contributed by atoms with van der Waals surface area (Å²) in [4.78, 5) is 22.1. The second-order valence-electron chi connectivity index (χ2n) is 5.09. The van der Waals surface area contributed by atoms with Gasteiger partial charge in [0.1, 0.15) is 0 Å². The SMILES string of the molecule is O=C(O)CCCCCCCNC(=O)c1cccc(C(F)F)c1. The predicted molar refractivity (Wildman–Crippen MR) is 79.1 cm³/mol. The van der Waals surface area contributed by atoms with Crippen molar-refractivity contribution in [3.8, 4) is 0 Å². The minimum absolute atomic E-state index is 0.161. The van der Waals surface area contributed by atoms with Crippen molar-refractivity contribution in [1.29, 1.82) is 0 Å². The third-order valence-electron chi connectivity index (χ3n) is 3.25. The molecule has 2 N–H and O–H groups in total. The van der Waals surface area contributed by atoms with Crippen LogP contribution in [0.1, 0.15) is 60.9 Å². The van der Waals surface area contributed by atoms with E-state index in [-0.39, 0.29) is 23.5 Å². The molecule has 0 saturated heterocycles. The number of hydrogen-bond acceptors (Lipinski definition) is 2. The highest BCUT2D eigenvalue weighted by Crippen LogP contribution is 2.19. The quantitative estimate of drug-likeness (QED) is 0.646. The molecule has 1 amide bonds. The molecule has 0 aliphatic carbocycles. The van der Waals surface area contributed by atoms with Crippen molar-refractivity contribution in [2.75, 3.05) is 6.54 Å². The topological polar surface area (TPSA) is 66.4 Å². The summed E-state index contributed by atoms with van der Waals surface area (Å²) in [5.74, 6) is -1.13. The molecule has 4 nitrogen and oxygen atoms in total. The maximum Gasteiger partial charge on any atom is 0.303 e. The van der Waals surface area contributed by atoms with Crippen molar-refractivity contribution < 1.29 is 23.5 Å². The van der Waals surface area contributed by atoms with Gasteiger partial charge < -0.3 is 10.4 Å². The molecule has 0 heterocycles. The number of amides is 1. The van der Waals surface area contributed by atoms with Gasteiger partial charge in [0.15, 0.2) is 0 Å². The Kier molecular flexibility index (Phi) is 8.10. The molecule has 0 bridgehead atoms. The first-order chi connectivity index (χ1) is 10.5. The minimum Gasteiger partial charge on any atom is -0.481 e. The number of carbonyl (C=O) groups excluding carboxylic acids is 1. The molecule has 0 radical (unpaired) electrons. The number of benzene rings is 1. The van der Waals surface area contributed by atoms with E-state index >= 15 is 0 Å². The van der Waals surface area contributed by atoms with Crippen molar-refractivity contribution in [3.05, 3.63) is 35.4 Å². The number of nitrogens with one attached hydrogen (secondary N) is 1. The highest BCUT2D eigenvalue weighted by molar-refractivity contribution is 5.94. The first-order valence-corrected chi connectivity index (χ1v) is 7.39. The molecule has 0 unspecified atom stereocenters. The van der Waals surface area contributed by atoms with Crippen molar-refractivity contribution >= 4 is 11.9 Å². The number of carbonyl (C=O) groups is 2. The average Bonchev–Trinajstić information content (AvgIpc) is 2.49. The van der Waals surface area contributed by atoms with Gasteiger partial charge >= 0.3 is 5.97 Å². The Labute approximate surface area is 128 Å². The fourth-order valence-electron chi connectivity index (χ4n) is 2.05. The lowest BCUT2D eigenvalue weighted by molar-refractivity contribution is -0.137. The third-order valence-corrected chi connectivity index (χ3v) is 3.25. The average molecular weight is 313 g/mol. The van der Waals surface area contributed by atoms with Crippen LogP contribution in [-0.4, -0.2) is 23.5 Å². The van der Waals surface area contributed by atoms with Gasteiger partial charge in [0.2, 0.25) is 0 Å². The lowest BCUT2D eigenvalue weighted by Crippen LogP contribution is -2.24. The molecule has 22 heavy (non-hydrogen) atoms. The molecule has 1 aromatic carbocycles. The van der Waals surface area contributed by atoms with Gasteiger partial charge in [-0.25, -0.2) is 8.78 Å². The molecule has 0 aromatic heterocycles. The van der Waals surface area contributed by atoms with Crippen molar-refractivity contribution in [2.24, 2.45) is 0 Å². The van der Waals surface area contributed by atoms with Crippen LogP contribution in [0, 0.1) is 0 Å². The van der Waals surface area contributed by atoms with Gasteiger partial charge in [-0.2, -0.15) is 0 Å². The van der Waals surface area contributed by atoms with E-state index in [9.17, 15) is 18.4 Å². The van der Waals surface area contributed by atoms with E-state index < -0.39 is 12.4 Å². The fraction of sp³-hybridized carbons (Fsp3) is 0.500. The summed E-state index contributed by atoms with van der Waals surface area (Å²) in [5.41, 5.74) is 0.0744.